The second kappa shape index (κ2) is 5.50. The van der Waals surface area contributed by atoms with Crippen molar-refractivity contribution in [1.82, 2.24) is 0 Å². The zero-order valence-electron chi connectivity index (χ0n) is 7.11. The number of allylic oxidation sites excluding steroid dienone is 2. The Hall–Kier alpha value is -1.13. The van der Waals surface area contributed by atoms with Gasteiger partial charge in [0.25, 0.3) is 0 Å². The van der Waals surface area contributed by atoms with Crippen molar-refractivity contribution in [1.29, 1.82) is 10.8 Å². The molecule has 1 aliphatic carbocycles. The van der Waals surface area contributed by atoms with Crippen LogP contribution in [0.5, 0.6) is 0 Å². The van der Waals surface area contributed by atoms with E-state index in [0.29, 0.717) is 11.5 Å². The Morgan fingerprint density at radius 3 is 2.77 bits per heavy atom. The number of ether oxygens (including phenoxy) is 2. The van der Waals surface area contributed by atoms with Gasteiger partial charge in [0.05, 0.1) is 5.71 Å². The summed E-state index contributed by atoms with van der Waals surface area (Å²) in [6, 6.07) is 0. The summed E-state index contributed by atoms with van der Waals surface area (Å²) in [4.78, 5) is 0. The molecule has 0 aliphatic heterocycles. The smallest absolute Gasteiger partial charge is 0.173 e. The van der Waals surface area contributed by atoms with Gasteiger partial charge < -0.3 is 14.9 Å². The third kappa shape index (κ3) is 2.68. The van der Waals surface area contributed by atoms with Gasteiger partial charge in [-0.05, 0) is 12.2 Å². The van der Waals surface area contributed by atoms with E-state index in [4.69, 9.17) is 20.3 Å². The SMILES string of the molecule is COC1C(=N)C=CC=C1OC=N.Cl. The highest BCUT2D eigenvalue weighted by atomic mass is 35.5. The van der Waals surface area contributed by atoms with Gasteiger partial charge in [0.1, 0.15) is 5.76 Å². The molecule has 72 valence electrons. The van der Waals surface area contributed by atoms with Crippen LogP contribution in [0.15, 0.2) is 24.0 Å². The van der Waals surface area contributed by atoms with Crippen molar-refractivity contribution < 1.29 is 9.47 Å². The summed E-state index contributed by atoms with van der Waals surface area (Å²) in [6.07, 6.45) is 5.35. The number of hydrogen-bond donors (Lipinski definition) is 2. The fourth-order valence-electron chi connectivity index (χ4n) is 0.987. The van der Waals surface area contributed by atoms with Crippen LogP contribution in [0.1, 0.15) is 0 Å². The number of methoxy groups -OCH3 is 1. The number of hydrogen-bond acceptors (Lipinski definition) is 4. The van der Waals surface area contributed by atoms with Crippen molar-refractivity contribution in [2.45, 2.75) is 6.10 Å². The lowest BCUT2D eigenvalue weighted by molar-refractivity contribution is 0.145. The summed E-state index contributed by atoms with van der Waals surface area (Å²) >= 11 is 0. The molecule has 2 N–H and O–H groups in total. The molecule has 0 saturated heterocycles. The molecule has 0 spiro atoms. The fourth-order valence-corrected chi connectivity index (χ4v) is 0.987. The van der Waals surface area contributed by atoms with E-state index >= 15 is 0 Å². The molecule has 0 aromatic carbocycles. The molecule has 0 saturated carbocycles. The quantitative estimate of drug-likeness (QED) is 0.538. The van der Waals surface area contributed by atoms with Crippen LogP contribution in [0.2, 0.25) is 0 Å². The normalized spacial score (nSPS) is 20.2. The molecule has 1 rings (SSSR count). The number of halogens is 1. The van der Waals surface area contributed by atoms with Crippen molar-refractivity contribution in [3.63, 3.8) is 0 Å². The average molecular weight is 203 g/mol. The summed E-state index contributed by atoms with van der Waals surface area (Å²) in [5.74, 6) is 0.472. The second-order valence-electron chi connectivity index (χ2n) is 2.23. The molecule has 0 amide bonds. The van der Waals surface area contributed by atoms with Crippen LogP contribution < -0.4 is 0 Å². The van der Waals surface area contributed by atoms with Crippen LogP contribution in [-0.2, 0) is 9.47 Å². The molecular formula is C8H11ClN2O2. The summed E-state index contributed by atoms with van der Waals surface area (Å²) in [6.45, 7) is 0. The van der Waals surface area contributed by atoms with E-state index in [1.165, 1.54) is 7.11 Å². The lowest BCUT2D eigenvalue weighted by Crippen LogP contribution is -2.26. The number of rotatable bonds is 3. The molecule has 0 heterocycles. The first-order valence-corrected chi connectivity index (χ1v) is 3.44. The minimum absolute atomic E-state index is 0. The predicted octanol–water partition coefficient (Wildman–Crippen LogP) is 1.52. The van der Waals surface area contributed by atoms with Gasteiger partial charge in [-0.2, -0.15) is 0 Å². The Morgan fingerprint density at radius 2 is 2.23 bits per heavy atom. The van der Waals surface area contributed by atoms with Gasteiger partial charge in [0.2, 0.25) is 0 Å². The van der Waals surface area contributed by atoms with Crippen LogP contribution in [0, 0.1) is 10.8 Å². The Labute approximate surface area is 82.7 Å². The third-order valence-electron chi connectivity index (χ3n) is 1.51. The summed E-state index contributed by atoms with van der Waals surface area (Å²) < 4.78 is 9.84. The molecule has 1 unspecified atom stereocenters. The molecular weight excluding hydrogens is 192 g/mol. The van der Waals surface area contributed by atoms with Crippen molar-refractivity contribution in [2.75, 3.05) is 7.11 Å². The van der Waals surface area contributed by atoms with E-state index in [9.17, 15) is 0 Å². The fraction of sp³-hybridized carbons (Fsp3) is 0.250. The maximum Gasteiger partial charge on any atom is 0.173 e. The highest BCUT2D eigenvalue weighted by Crippen LogP contribution is 2.13. The predicted molar refractivity (Wildman–Crippen MR) is 52.9 cm³/mol. The molecule has 0 aromatic heterocycles. The topological polar surface area (TPSA) is 66.2 Å². The summed E-state index contributed by atoms with van der Waals surface area (Å²) in [7, 11) is 1.50. The van der Waals surface area contributed by atoms with Gasteiger partial charge in [-0.1, -0.05) is 6.08 Å². The molecule has 0 bridgehead atoms. The standard InChI is InChI=1S/C8H10N2O2.ClH/c1-11-8-6(10)3-2-4-7(8)12-5-9;/h2-5,8-10H,1H3;1H. The Bertz CT molecular complexity index is 261. The van der Waals surface area contributed by atoms with Crippen molar-refractivity contribution >= 4 is 24.5 Å². The second-order valence-corrected chi connectivity index (χ2v) is 2.23. The first-order chi connectivity index (χ1) is 5.79. The lowest BCUT2D eigenvalue weighted by Gasteiger charge is -2.18. The first-order valence-electron chi connectivity index (χ1n) is 3.44. The largest absolute Gasteiger partial charge is 0.448 e. The molecule has 4 nitrogen and oxygen atoms in total. The van der Waals surface area contributed by atoms with Crippen LogP contribution >= 0.6 is 12.4 Å². The van der Waals surface area contributed by atoms with Crippen molar-refractivity contribution in [2.24, 2.45) is 0 Å². The zero-order chi connectivity index (χ0) is 8.97. The van der Waals surface area contributed by atoms with E-state index in [2.05, 4.69) is 0 Å². The first kappa shape index (κ1) is 11.9. The third-order valence-corrected chi connectivity index (χ3v) is 1.51. The van der Waals surface area contributed by atoms with Gasteiger partial charge in [-0.25, -0.2) is 0 Å². The monoisotopic (exact) mass is 202 g/mol. The molecule has 5 heteroatoms. The number of nitrogens with one attached hydrogen (secondary N) is 2. The maximum absolute atomic E-state index is 7.45. The van der Waals surface area contributed by atoms with Crippen LogP contribution in [0.4, 0.5) is 0 Å². The van der Waals surface area contributed by atoms with Crippen molar-refractivity contribution in [3.05, 3.63) is 24.0 Å². The van der Waals surface area contributed by atoms with E-state index in [1.807, 2.05) is 0 Å². The van der Waals surface area contributed by atoms with E-state index < -0.39 is 6.10 Å². The molecule has 1 aliphatic rings. The van der Waals surface area contributed by atoms with Gasteiger partial charge in [-0.3, -0.25) is 5.41 Å². The molecule has 0 aromatic rings. The Morgan fingerprint density at radius 1 is 1.54 bits per heavy atom. The Kier molecular flexibility index (Phi) is 5.03. The van der Waals surface area contributed by atoms with Gasteiger partial charge in [-0.15, -0.1) is 12.4 Å². The average Bonchev–Trinajstić information content (AvgIpc) is 2.05. The zero-order valence-corrected chi connectivity index (χ0v) is 7.93. The Balaban J connectivity index is 0.00000144. The van der Waals surface area contributed by atoms with Gasteiger partial charge in [0.15, 0.2) is 12.5 Å². The minimum atomic E-state index is -0.475. The van der Waals surface area contributed by atoms with E-state index in [0.717, 1.165) is 6.40 Å². The maximum atomic E-state index is 7.45. The van der Waals surface area contributed by atoms with E-state index in [-0.39, 0.29) is 12.4 Å². The molecule has 1 atom stereocenters. The highest BCUT2D eigenvalue weighted by Gasteiger charge is 2.20. The van der Waals surface area contributed by atoms with Crippen molar-refractivity contribution in [3.8, 4) is 0 Å². The van der Waals surface area contributed by atoms with E-state index in [1.54, 1.807) is 18.2 Å². The van der Waals surface area contributed by atoms with Crippen LogP contribution in [0.25, 0.3) is 0 Å². The minimum Gasteiger partial charge on any atom is -0.448 e. The molecule has 0 radical (unpaired) electrons. The lowest BCUT2D eigenvalue weighted by atomic mass is 10.1. The molecule has 13 heavy (non-hydrogen) atoms. The summed E-state index contributed by atoms with van der Waals surface area (Å²) in [5.41, 5.74) is 0.330. The summed E-state index contributed by atoms with van der Waals surface area (Å²) in [5, 5.41) is 14.2. The van der Waals surface area contributed by atoms with Crippen LogP contribution in [0.3, 0.4) is 0 Å². The van der Waals surface area contributed by atoms with Crippen LogP contribution in [-0.4, -0.2) is 25.3 Å². The highest BCUT2D eigenvalue weighted by molar-refractivity contribution is 5.99. The van der Waals surface area contributed by atoms with Gasteiger partial charge >= 0.3 is 0 Å². The van der Waals surface area contributed by atoms with Gasteiger partial charge in [0, 0.05) is 7.11 Å². The molecule has 0 fully saturated rings.